The summed E-state index contributed by atoms with van der Waals surface area (Å²) in [6, 6.07) is 12.9. The molecule has 0 aliphatic rings. The van der Waals surface area contributed by atoms with Crippen LogP contribution in [0.15, 0.2) is 47.5 Å². The third-order valence-corrected chi connectivity index (χ3v) is 4.99. The Morgan fingerprint density at radius 2 is 1.92 bits per heavy atom. The van der Waals surface area contributed by atoms with Crippen molar-refractivity contribution >= 4 is 27.5 Å². The second kappa shape index (κ2) is 8.19. The molecule has 1 amide bonds. The van der Waals surface area contributed by atoms with Crippen LogP contribution in [0, 0.1) is 0 Å². The number of methoxy groups -OCH3 is 1. The van der Waals surface area contributed by atoms with Crippen molar-refractivity contribution in [1.29, 1.82) is 0 Å². The summed E-state index contributed by atoms with van der Waals surface area (Å²) < 4.78 is 14.1. The lowest BCUT2D eigenvalue weighted by Crippen LogP contribution is -2.17. The molecule has 0 saturated carbocycles. The van der Waals surface area contributed by atoms with E-state index in [1.165, 1.54) is 11.3 Å². The van der Waals surface area contributed by atoms with E-state index in [1.807, 2.05) is 25.1 Å². The maximum absolute atomic E-state index is 12.6. The van der Waals surface area contributed by atoms with Crippen LogP contribution < -0.4 is 14.3 Å². The summed E-state index contributed by atoms with van der Waals surface area (Å²) in [5.74, 6) is 1.28. The van der Waals surface area contributed by atoms with Crippen LogP contribution in [0.25, 0.3) is 10.2 Å². The molecule has 0 aliphatic carbocycles. The van der Waals surface area contributed by atoms with Gasteiger partial charge in [-0.05, 0) is 49.7 Å². The minimum Gasteiger partial charge on any atom is -0.497 e. The van der Waals surface area contributed by atoms with E-state index in [4.69, 9.17) is 9.47 Å². The fraction of sp³-hybridized carbons (Fsp3) is 0.300. The lowest BCUT2D eigenvalue weighted by Gasteiger charge is -2.08. The van der Waals surface area contributed by atoms with Crippen LogP contribution in [-0.2, 0) is 6.54 Å². The minimum absolute atomic E-state index is 0.262. The van der Waals surface area contributed by atoms with Crippen LogP contribution in [0.3, 0.4) is 0 Å². The second-order valence-corrected chi connectivity index (χ2v) is 6.73. The maximum atomic E-state index is 12.6. The van der Waals surface area contributed by atoms with Gasteiger partial charge in [0.2, 0.25) is 0 Å². The Labute approximate surface area is 156 Å². The van der Waals surface area contributed by atoms with Crippen LogP contribution >= 0.6 is 11.3 Å². The maximum Gasteiger partial charge on any atom is 0.279 e. The van der Waals surface area contributed by atoms with E-state index in [-0.39, 0.29) is 5.91 Å². The molecule has 26 heavy (non-hydrogen) atoms. The number of carbonyl (C=O) groups excluding carboxylic acids is 1. The number of ether oxygens (including phenoxy) is 2. The van der Waals surface area contributed by atoms with E-state index in [1.54, 1.807) is 31.4 Å². The predicted octanol–water partition coefficient (Wildman–Crippen LogP) is 4.26. The van der Waals surface area contributed by atoms with Gasteiger partial charge in [-0.3, -0.25) is 4.79 Å². The van der Waals surface area contributed by atoms with Gasteiger partial charge in [-0.1, -0.05) is 24.3 Å². The SMILES string of the molecule is CCCn1c(=NC(=O)c2ccc(OC)cc2)sc2cccc(OCC)c21. The third-order valence-electron chi connectivity index (χ3n) is 3.95. The smallest absolute Gasteiger partial charge is 0.279 e. The Kier molecular flexibility index (Phi) is 5.73. The average molecular weight is 370 g/mol. The fourth-order valence-corrected chi connectivity index (χ4v) is 3.84. The number of fused-ring (bicyclic) bond motifs is 1. The highest BCUT2D eigenvalue weighted by Crippen LogP contribution is 2.28. The Hall–Kier alpha value is -2.60. The third kappa shape index (κ3) is 3.65. The number of rotatable bonds is 6. The molecule has 1 heterocycles. The topological polar surface area (TPSA) is 52.8 Å². The van der Waals surface area contributed by atoms with Gasteiger partial charge in [0.25, 0.3) is 5.91 Å². The average Bonchev–Trinajstić information content (AvgIpc) is 3.00. The van der Waals surface area contributed by atoms with Crippen molar-refractivity contribution in [3.63, 3.8) is 0 Å². The van der Waals surface area contributed by atoms with Gasteiger partial charge in [0.15, 0.2) is 4.80 Å². The molecule has 5 nitrogen and oxygen atoms in total. The monoisotopic (exact) mass is 370 g/mol. The Bertz CT molecular complexity index is 971. The summed E-state index contributed by atoms with van der Waals surface area (Å²) in [4.78, 5) is 17.7. The molecule has 0 unspecified atom stereocenters. The lowest BCUT2D eigenvalue weighted by atomic mass is 10.2. The molecule has 0 bridgehead atoms. The van der Waals surface area contributed by atoms with Crippen molar-refractivity contribution in [2.75, 3.05) is 13.7 Å². The zero-order valence-electron chi connectivity index (χ0n) is 15.2. The quantitative estimate of drug-likeness (QED) is 0.651. The van der Waals surface area contributed by atoms with Gasteiger partial charge in [0, 0.05) is 12.1 Å². The van der Waals surface area contributed by atoms with E-state index in [0.29, 0.717) is 22.7 Å². The lowest BCUT2D eigenvalue weighted by molar-refractivity contribution is 0.0997. The number of hydrogen-bond acceptors (Lipinski definition) is 4. The molecule has 0 atom stereocenters. The Morgan fingerprint density at radius 1 is 1.15 bits per heavy atom. The van der Waals surface area contributed by atoms with Crippen molar-refractivity contribution in [2.24, 2.45) is 4.99 Å². The van der Waals surface area contributed by atoms with E-state index < -0.39 is 0 Å². The molecule has 0 aliphatic heterocycles. The van der Waals surface area contributed by atoms with Crippen molar-refractivity contribution in [3.8, 4) is 11.5 Å². The highest BCUT2D eigenvalue weighted by molar-refractivity contribution is 7.16. The first kappa shape index (κ1) is 18.2. The van der Waals surface area contributed by atoms with Crippen LogP contribution in [0.5, 0.6) is 11.5 Å². The van der Waals surface area contributed by atoms with Gasteiger partial charge in [0.05, 0.1) is 18.4 Å². The van der Waals surface area contributed by atoms with Gasteiger partial charge in [-0.2, -0.15) is 4.99 Å². The number of thiazole rings is 1. The molecule has 136 valence electrons. The van der Waals surface area contributed by atoms with Gasteiger partial charge < -0.3 is 14.0 Å². The number of hydrogen-bond donors (Lipinski definition) is 0. The van der Waals surface area contributed by atoms with Gasteiger partial charge >= 0.3 is 0 Å². The zero-order valence-corrected chi connectivity index (χ0v) is 16.0. The number of aryl methyl sites for hydroxylation is 1. The standard InChI is InChI=1S/C20H22N2O3S/c1-4-13-22-18-16(25-5-2)7-6-8-17(18)26-20(22)21-19(23)14-9-11-15(24-3)12-10-14/h6-12H,4-5,13H2,1-3H3. The van der Waals surface area contributed by atoms with E-state index in [2.05, 4.69) is 16.5 Å². The number of nitrogens with zero attached hydrogens (tertiary/aromatic N) is 2. The normalized spacial score (nSPS) is 11.7. The van der Waals surface area contributed by atoms with Crippen molar-refractivity contribution in [3.05, 3.63) is 52.8 Å². The molecule has 0 spiro atoms. The van der Waals surface area contributed by atoms with E-state index in [0.717, 1.165) is 28.9 Å². The van der Waals surface area contributed by atoms with Crippen LogP contribution in [-0.4, -0.2) is 24.2 Å². The largest absolute Gasteiger partial charge is 0.497 e. The number of para-hydroxylation sites is 1. The van der Waals surface area contributed by atoms with E-state index >= 15 is 0 Å². The molecule has 2 aromatic carbocycles. The van der Waals surface area contributed by atoms with Crippen LogP contribution in [0.4, 0.5) is 0 Å². The number of benzene rings is 2. The van der Waals surface area contributed by atoms with Gasteiger partial charge in [-0.25, -0.2) is 0 Å². The zero-order chi connectivity index (χ0) is 18.5. The minimum atomic E-state index is -0.262. The van der Waals surface area contributed by atoms with Crippen LogP contribution in [0.1, 0.15) is 30.6 Å². The summed E-state index contributed by atoms with van der Waals surface area (Å²) in [7, 11) is 1.60. The van der Waals surface area contributed by atoms with Gasteiger partial charge in [0.1, 0.15) is 17.0 Å². The highest BCUT2D eigenvalue weighted by Gasteiger charge is 2.13. The Morgan fingerprint density at radius 3 is 2.58 bits per heavy atom. The first-order valence-corrected chi connectivity index (χ1v) is 9.47. The summed E-state index contributed by atoms with van der Waals surface area (Å²) >= 11 is 1.51. The molecule has 0 N–H and O–H groups in total. The summed E-state index contributed by atoms with van der Waals surface area (Å²) in [6.07, 6.45) is 0.941. The van der Waals surface area contributed by atoms with Crippen LogP contribution in [0.2, 0.25) is 0 Å². The summed E-state index contributed by atoms with van der Waals surface area (Å²) in [5.41, 5.74) is 1.54. The fourth-order valence-electron chi connectivity index (χ4n) is 2.77. The highest BCUT2D eigenvalue weighted by atomic mass is 32.1. The van der Waals surface area contributed by atoms with Crippen molar-refractivity contribution in [2.45, 2.75) is 26.8 Å². The van der Waals surface area contributed by atoms with Crippen molar-refractivity contribution in [1.82, 2.24) is 4.57 Å². The summed E-state index contributed by atoms with van der Waals surface area (Å²) in [6.45, 7) is 5.44. The molecule has 1 aromatic heterocycles. The van der Waals surface area contributed by atoms with E-state index in [9.17, 15) is 4.79 Å². The molecule has 0 saturated heterocycles. The predicted molar refractivity (Wildman–Crippen MR) is 104 cm³/mol. The first-order chi connectivity index (χ1) is 12.7. The van der Waals surface area contributed by atoms with Gasteiger partial charge in [-0.15, -0.1) is 0 Å². The number of amides is 1. The first-order valence-electron chi connectivity index (χ1n) is 8.66. The van der Waals surface area contributed by atoms with Crippen molar-refractivity contribution < 1.29 is 14.3 Å². The molecule has 0 fully saturated rings. The molecular formula is C20H22N2O3S. The summed E-state index contributed by atoms with van der Waals surface area (Å²) in [5, 5.41) is 0. The molecule has 6 heteroatoms. The second-order valence-electron chi connectivity index (χ2n) is 5.72. The Balaban J connectivity index is 2.10. The molecular weight excluding hydrogens is 348 g/mol. The number of aromatic nitrogens is 1. The molecule has 0 radical (unpaired) electrons. The molecule has 3 aromatic rings. The number of carbonyl (C=O) groups is 1. The molecule has 3 rings (SSSR count).